The van der Waals surface area contributed by atoms with Crippen LogP contribution in [0.2, 0.25) is 0 Å². The van der Waals surface area contributed by atoms with Crippen molar-refractivity contribution >= 4 is 6.03 Å². The van der Waals surface area contributed by atoms with Crippen molar-refractivity contribution in [3.8, 4) is 11.3 Å². The molecule has 5 rings (SSSR count). The van der Waals surface area contributed by atoms with Gasteiger partial charge in [-0.25, -0.2) is 4.79 Å². The number of hydrogen-bond acceptors (Lipinski definition) is 4. The molecule has 3 aromatic rings. The number of aromatic amines is 1. The van der Waals surface area contributed by atoms with E-state index in [1.54, 1.807) is 12.4 Å². The number of aryl methyl sites for hydroxylation is 1. The van der Waals surface area contributed by atoms with Crippen molar-refractivity contribution in [2.75, 3.05) is 19.6 Å². The maximum absolute atomic E-state index is 13.1. The second kappa shape index (κ2) is 7.91. The summed E-state index contributed by atoms with van der Waals surface area (Å²) in [6.45, 7) is 5.01. The number of carbonyl (C=O) groups excluding carboxylic acids is 1. The normalized spacial score (nSPS) is 20.8. The highest BCUT2D eigenvalue weighted by atomic mass is 16.2. The number of rotatable bonds is 3. The van der Waals surface area contributed by atoms with E-state index >= 15 is 0 Å². The third-order valence-corrected chi connectivity index (χ3v) is 6.20. The van der Waals surface area contributed by atoms with E-state index in [1.165, 1.54) is 11.1 Å². The molecule has 0 spiro atoms. The topological polar surface area (TPSA) is 85.9 Å². The molecule has 0 radical (unpaired) electrons. The van der Waals surface area contributed by atoms with Crippen LogP contribution in [0.3, 0.4) is 0 Å². The molecule has 4 heterocycles. The van der Waals surface area contributed by atoms with E-state index in [0.717, 1.165) is 42.0 Å². The number of urea groups is 1. The number of pyridine rings is 1. The fourth-order valence-electron chi connectivity index (χ4n) is 4.46. The number of nitrogens with one attached hydrogen (secondary N) is 3. The summed E-state index contributed by atoms with van der Waals surface area (Å²) in [5.74, 6) is 0.288. The number of carbonyl (C=O) groups is 1. The van der Waals surface area contributed by atoms with Crippen molar-refractivity contribution in [3.63, 3.8) is 0 Å². The van der Waals surface area contributed by atoms with Gasteiger partial charge in [0.25, 0.3) is 0 Å². The summed E-state index contributed by atoms with van der Waals surface area (Å²) >= 11 is 0. The van der Waals surface area contributed by atoms with Crippen LogP contribution < -0.4 is 10.6 Å². The average Bonchev–Trinajstić information content (AvgIpc) is 3.41. The van der Waals surface area contributed by atoms with Gasteiger partial charge in [-0.3, -0.25) is 10.1 Å². The summed E-state index contributed by atoms with van der Waals surface area (Å²) in [6, 6.07) is 12.6. The lowest BCUT2D eigenvalue weighted by molar-refractivity contribution is 0.188. The number of H-pyrrole nitrogens is 1. The first-order chi connectivity index (χ1) is 14.7. The molecule has 7 nitrogen and oxygen atoms in total. The predicted molar refractivity (Wildman–Crippen MR) is 115 cm³/mol. The van der Waals surface area contributed by atoms with Gasteiger partial charge in [-0.05, 0) is 24.6 Å². The fraction of sp³-hybridized carbons (Fsp3) is 0.348. The zero-order valence-corrected chi connectivity index (χ0v) is 17.1. The third kappa shape index (κ3) is 3.57. The number of nitrogens with zero attached hydrogens (tertiary/aromatic N) is 3. The molecule has 2 aliphatic heterocycles. The highest BCUT2D eigenvalue weighted by Gasteiger charge is 2.32. The molecule has 0 bridgehead atoms. The summed E-state index contributed by atoms with van der Waals surface area (Å²) in [7, 11) is 0. The predicted octanol–water partition coefficient (Wildman–Crippen LogP) is 2.60. The molecule has 2 aromatic heterocycles. The van der Waals surface area contributed by atoms with E-state index in [2.05, 4.69) is 57.0 Å². The molecule has 2 atom stereocenters. The first-order valence-corrected chi connectivity index (χ1v) is 10.5. The van der Waals surface area contributed by atoms with Crippen molar-refractivity contribution in [1.29, 1.82) is 0 Å². The van der Waals surface area contributed by atoms with Gasteiger partial charge in [0.1, 0.15) is 0 Å². The SMILES string of the molecule is Cc1ccc([C@H]2CNC[C@@H]2NC(=O)N2CCc3[nH]nc(-c4ccncc4)c3C2)cc1. The Morgan fingerprint density at radius 1 is 1.13 bits per heavy atom. The number of hydrogen-bond donors (Lipinski definition) is 3. The molecular formula is C23H26N6O. The number of benzene rings is 1. The van der Waals surface area contributed by atoms with Gasteiger partial charge >= 0.3 is 6.03 Å². The molecule has 0 unspecified atom stereocenters. The third-order valence-electron chi connectivity index (χ3n) is 6.20. The zero-order valence-electron chi connectivity index (χ0n) is 17.1. The van der Waals surface area contributed by atoms with Crippen LogP contribution >= 0.6 is 0 Å². The van der Waals surface area contributed by atoms with Crippen LogP contribution in [0.4, 0.5) is 4.79 Å². The molecule has 7 heteroatoms. The van der Waals surface area contributed by atoms with Crippen molar-refractivity contribution in [1.82, 2.24) is 30.7 Å². The largest absolute Gasteiger partial charge is 0.333 e. The standard InChI is InChI=1S/C23H26N6O/c1-15-2-4-16(5-3-15)18-12-25-13-21(18)26-23(30)29-11-8-20-19(14-29)22(28-27-20)17-6-9-24-10-7-17/h2-7,9-10,18,21,25H,8,11-14H2,1H3,(H,26,30)(H,27,28)/t18-,21+/m1/s1. The van der Waals surface area contributed by atoms with Gasteiger partial charge in [-0.2, -0.15) is 5.10 Å². The summed E-state index contributed by atoms with van der Waals surface area (Å²) in [5, 5.41) is 14.4. The van der Waals surface area contributed by atoms with Crippen LogP contribution in [-0.2, 0) is 13.0 Å². The van der Waals surface area contributed by atoms with Crippen LogP contribution in [0, 0.1) is 6.92 Å². The Labute approximate surface area is 175 Å². The minimum absolute atomic E-state index is 0.00617. The van der Waals surface area contributed by atoms with Crippen molar-refractivity contribution in [3.05, 3.63) is 71.2 Å². The average molecular weight is 403 g/mol. The Morgan fingerprint density at radius 3 is 2.73 bits per heavy atom. The Kier molecular flexibility index (Phi) is 4.96. The highest BCUT2D eigenvalue weighted by Crippen LogP contribution is 2.28. The second-order valence-corrected chi connectivity index (χ2v) is 8.17. The maximum Gasteiger partial charge on any atom is 0.317 e. The molecule has 2 aliphatic rings. The lowest BCUT2D eigenvalue weighted by Gasteiger charge is -2.30. The van der Waals surface area contributed by atoms with E-state index in [-0.39, 0.29) is 18.0 Å². The van der Waals surface area contributed by atoms with E-state index < -0.39 is 0 Å². The second-order valence-electron chi connectivity index (χ2n) is 8.17. The van der Waals surface area contributed by atoms with Gasteiger partial charge in [-0.15, -0.1) is 0 Å². The minimum Gasteiger partial charge on any atom is -0.333 e. The van der Waals surface area contributed by atoms with Crippen LogP contribution in [0.15, 0.2) is 48.8 Å². The van der Waals surface area contributed by atoms with Gasteiger partial charge in [0.15, 0.2) is 0 Å². The van der Waals surface area contributed by atoms with E-state index in [1.807, 2.05) is 17.0 Å². The molecule has 30 heavy (non-hydrogen) atoms. The van der Waals surface area contributed by atoms with E-state index in [4.69, 9.17) is 0 Å². The van der Waals surface area contributed by atoms with Crippen molar-refractivity contribution < 1.29 is 4.79 Å². The van der Waals surface area contributed by atoms with E-state index in [0.29, 0.717) is 13.1 Å². The number of amides is 2. The molecule has 2 amide bonds. The molecule has 1 fully saturated rings. The Morgan fingerprint density at radius 2 is 1.93 bits per heavy atom. The van der Waals surface area contributed by atoms with Gasteiger partial charge in [-0.1, -0.05) is 29.8 Å². The Balaban J connectivity index is 1.30. The van der Waals surface area contributed by atoms with Crippen LogP contribution in [0.5, 0.6) is 0 Å². The zero-order chi connectivity index (χ0) is 20.5. The Hall–Kier alpha value is -3.19. The monoisotopic (exact) mass is 402 g/mol. The molecule has 0 aliphatic carbocycles. The fourth-order valence-corrected chi connectivity index (χ4v) is 4.46. The maximum atomic E-state index is 13.1. The van der Waals surface area contributed by atoms with Crippen LogP contribution in [0.1, 0.15) is 28.3 Å². The van der Waals surface area contributed by atoms with Crippen LogP contribution in [0.25, 0.3) is 11.3 Å². The first kappa shape index (κ1) is 18.8. The number of aromatic nitrogens is 3. The molecule has 3 N–H and O–H groups in total. The summed E-state index contributed by atoms with van der Waals surface area (Å²) in [6.07, 6.45) is 4.31. The van der Waals surface area contributed by atoms with Crippen molar-refractivity contribution in [2.45, 2.75) is 31.8 Å². The molecular weight excluding hydrogens is 376 g/mol. The summed E-state index contributed by atoms with van der Waals surface area (Å²) in [5.41, 5.74) is 6.66. The smallest absolute Gasteiger partial charge is 0.317 e. The lowest BCUT2D eigenvalue weighted by atomic mass is 9.93. The van der Waals surface area contributed by atoms with Gasteiger partial charge in [0, 0.05) is 61.2 Å². The quantitative estimate of drug-likeness (QED) is 0.629. The highest BCUT2D eigenvalue weighted by molar-refractivity contribution is 5.76. The lowest BCUT2D eigenvalue weighted by Crippen LogP contribution is -2.48. The van der Waals surface area contributed by atoms with Gasteiger partial charge < -0.3 is 15.5 Å². The number of fused-ring (bicyclic) bond motifs is 1. The Bertz CT molecular complexity index is 1030. The van der Waals surface area contributed by atoms with Crippen LogP contribution in [-0.4, -0.2) is 51.8 Å². The minimum atomic E-state index is -0.00617. The molecule has 1 aromatic carbocycles. The molecule has 0 saturated carbocycles. The van der Waals surface area contributed by atoms with E-state index in [9.17, 15) is 4.79 Å². The first-order valence-electron chi connectivity index (χ1n) is 10.5. The van der Waals surface area contributed by atoms with Gasteiger partial charge in [0.2, 0.25) is 0 Å². The summed E-state index contributed by atoms with van der Waals surface area (Å²) in [4.78, 5) is 19.1. The van der Waals surface area contributed by atoms with Crippen molar-refractivity contribution in [2.24, 2.45) is 0 Å². The van der Waals surface area contributed by atoms with Gasteiger partial charge in [0.05, 0.1) is 18.3 Å². The molecule has 1 saturated heterocycles. The summed E-state index contributed by atoms with van der Waals surface area (Å²) < 4.78 is 0. The molecule has 154 valence electrons.